The summed E-state index contributed by atoms with van der Waals surface area (Å²) in [7, 11) is 0. The van der Waals surface area contributed by atoms with E-state index in [0.717, 1.165) is 11.6 Å². The quantitative estimate of drug-likeness (QED) is 0.421. The Labute approximate surface area is 164 Å². The highest BCUT2D eigenvalue weighted by atomic mass is 19.2. The maximum atomic E-state index is 13.5. The van der Waals surface area contributed by atoms with Gasteiger partial charge in [-0.05, 0) is 30.7 Å². The lowest BCUT2D eigenvalue weighted by Gasteiger charge is -2.12. The zero-order chi connectivity index (χ0) is 21.4. The predicted molar refractivity (Wildman–Crippen MR) is 99.0 cm³/mol. The van der Waals surface area contributed by atoms with Crippen molar-refractivity contribution >= 4 is 29.5 Å². The molecule has 9 heteroatoms. The van der Waals surface area contributed by atoms with Crippen molar-refractivity contribution in [3.8, 4) is 0 Å². The third-order valence-corrected chi connectivity index (χ3v) is 3.59. The van der Waals surface area contributed by atoms with E-state index in [4.69, 9.17) is 4.74 Å². The van der Waals surface area contributed by atoms with Crippen molar-refractivity contribution in [1.29, 1.82) is 0 Å². The third-order valence-electron chi connectivity index (χ3n) is 3.59. The fourth-order valence-corrected chi connectivity index (χ4v) is 2.13. The van der Waals surface area contributed by atoms with Crippen LogP contribution in [0.15, 0.2) is 48.5 Å². The van der Waals surface area contributed by atoms with Gasteiger partial charge in [0.15, 0.2) is 24.1 Å². The lowest BCUT2D eigenvalue weighted by atomic mass is 10.2. The van der Waals surface area contributed by atoms with E-state index in [1.807, 2.05) is 11.4 Å². The summed E-state index contributed by atoms with van der Waals surface area (Å²) in [4.78, 5) is 35.4. The summed E-state index contributed by atoms with van der Waals surface area (Å²) < 4.78 is 44.2. The number of ether oxygens (including phenoxy) is 1. The first-order chi connectivity index (χ1) is 13.8. The van der Waals surface area contributed by atoms with Crippen molar-refractivity contribution in [2.75, 3.05) is 11.9 Å². The van der Waals surface area contributed by atoms with Crippen LogP contribution in [0.4, 0.5) is 18.9 Å². The number of carbonyl (C=O) groups is 3. The molecule has 0 bridgehead atoms. The van der Waals surface area contributed by atoms with Crippen LogP contribution >= 0.6 is 0 Å². The van der Waals surface area contributed by atoms with Gasteiger partial charge in [0, 0.05) is 6.08 Å². The van der Waals surface area contributed by atoms with Crippen LogP contribution < -0.4 is 10.6 Å². The molecule has 0 saturated carbocycles. The molecule has 2 aromatic rings. The van der Waals surface area contributed by atoms with E-state index in [0.29, 0.717) is 6.07 Å². The first-order valence-corrected chi connectivity index (χ1v) is 8.41. The summed E-state index contributed by atoms with van der Waals surface area (Å²) in [6, 6.07) is 9.41. The van der Waals surface area contributed by atoms with Gasteiger partial charge in [-0.15, -0.1) is 0 Å². The molecule has 2 rings (SSSR count). The van der Waals surface area contributed by atoms with E-state index in [1.54, 1.807) is 30.3 Å². The zero-order valence-electron chi connectivity index (χ0n) is 15.2. The summed E-state index contributed by atoms with van der Waals surface area (Å²) in [6.45, 7) is 0.543. The number of hydrogen-bond acceptors (Lipinski definition) is 4. The average Bonchev–Trinajstić information content (AvgIpc) is 2.71. The Bertz CT molecular complexity index is 933. The number of rotatable bonds is 7. The molecule has 2 N–H and O–H groups in total. The summed E-state index contributed by atoms with van der Waals surface area (Å²) in [6.07, 6.45) is 2.79. The smallest absolute Gasteiger partial charge is 0.328 e. The molecular formula is C20H17F3N2O4. The summed E-state index contributed by atoms with van der Waals surface area (Å²) in [5, 5.41) is 4.32. The molecule has 6 nitrogen and oxygen atoms in total. The predicted octanol–water partition coefficient (Wildman–Crippen LogP) is 2.80. The SMILES string of the molecule is C[C@H](NC(=O)/C=C/c1ccccc1)C(=O)OCC(=O)Nc1ccc(F)c(F)c1F. The van der Waals surface area contributed by atoms with E-state index in [9.17, 15) is 27.6 Å². The molecule has 1 atom stereocenters. The van der Waals surface area contributed by atoms with Crippen LogP contribution in [0.3, 0.4) is 0 Å². The molecule has 0 aliphatic carbocycles. The maximum absolute atomic E-state index is 13.5. The van der Waals surface area contributed by atoms with Crippen LogP contribution in [-0.4, -0.2) is 30.4 Å². The minimum Gasteiger partial charge on any atom is -0.454 e. The van der Waals surface area contributed by atoms with Gasteiger partial charge in [-0.25, -0.2) is 18.0 Å². The number of hydrogen-bond donors (Lipinski definition) is 2. The van der Waals surface area contributed by atoms with Crippen molar-refractivity contribution in [2.24, 2.45) is 0 Å². The lowest BCUT2D eigenvalue weighted by Crippen LogP contribution is -2.39. The second-order valence-corrected chi connectivity index (χ2v) is 5.85. The highest BCUT2D eigenvalue weighted by molar-refractivity contribution is 5.96. The van der Waals surface area contributed by atoms with Crippen molar-refractivity contribution < 1.29 is 32.3 Å². The van der Waals surface area contributed by atoms with Gasteiger partial charge in [-0.1, -0.05) is 30.3 Å². The van der Waals surface area contributed by atoms with Crippen LogP contribution in [0.25, 0.3) is 6.08 Å². The van der Waals surface area contributed by atoms with Gasteiger partial charge in [0.1, 0.15) is 6.04 Å². The van der Waals surface area contributed by atoms with Crippen LogP contribution in [-0.2, 0) is 19.1 Å². The highest BCUT2D eigenvalue weighted by Crippen LogP contribution is 2.19. The normalized spacial score (nSPS) is 11.7. The van der Waals surface area contributed by atoms with Gasteiger partial charge < -0.3 is 15.4 Å². The van der Waals surface area contributed by atoms with Crippen LogP contribution in [0.2, 0.25) is 0 Å². The Balaban J connectivity index is 1.80. The second kappa shape index (κ2) is 10.1. The Morgan fingerprint density at radius 1 is 1.03 bits per heavy atom. The van der Waals surface area contributed by atoms with Gasteiger partial charge in [0.05, 0.1) is 5.69 Å². The molecule has 0 aliphatic heterocycles. The molecule has 0 saturated heterocycles. The van der Waals surface area contributed by atoms with Crippen molar-refractivity contribution in [2.45, 2.75) is 13.0 Å². The van der Waals surface area contributed by atoms with E-state index in [-0.39, 0.29) is 0 Å². The summed E-state index contributed by atoms with van der Waals surface area (Å²) in [5.74, 6) is -7.14. The van der Waals surface area contributed by atoms with Gasteiger partial charge in [0.25, 0.3) is 5.91 Å². The number of anilines is 1. The Morgan fingerprint density at radius 3 is 2.41 bits per heavy atom. The molecule has 0 aliphatic rings. The van der Waals surface area contributed by atoms with Gasteiger partial charge in [0.2, 0.25) is 5.91 Å². The third kappa shape index (κ3) is 6.49. The van der Waals surface area contributed by atoms with Crippen molar-refractivity contribution in [3.63, 3.8) is 0 Å². The van der Waals surface area contributed by atoms with Gasteiger partial charge in [-0.2, -0.15) is 0 Å². The highest BCUT2D eigenvalue weighted by Gasteiger charge is 2.19. The fraction of sp³-hybridized carbons (Fsp3) is 0.150. The van der Waals surface area contributed by atoms with E-state index >= 15 is 0 Å². The maximum Gasteiger partial charge on any atom is 0.328 e. The minimum absolute atomic E-state index is 0.549. The lowest BCUT2D eigenvalue weighted by molar-refractivity contribution is -0.149. The Kier molecular flexibility index (Phi) is 7.53. The van der Waals surface area contributed by atoms with Crippen molar-refractivity contribution in [1.82, 2.24) is 5.32 Å². The standard InChI is InChI=1S/C20H17F3N2O4/c1-12(24-16(26)10-7-13-5-3-2-4-6-13)20(28)29-11-17(27)25-15-9-8-14(21)18(22)19(15)23/h2-10,12H,11H2,1H3,(H,24,26)(H,25,27)/b10-7+/t12-/m0/s1. The molecule has 152 valence electrons. The number of halogens is 3. The molecule has 0 fully saturated rings. The second-order valence-electron chi connectivity index (χ2n) is 5.85. The number of nitrogens with one attached hydrogen (secondary N) is 2. The minimum atomic E-state index is -1.74. The molecule has 2 amide bonds. The van der Waals surface area contributed by atoms with Crippen LogP contribution in [0.1, 0.15) is 12.5 Å². The molecule has 0 heterocycles. The fourth-order valence-electron chi connectivity index (χ4n) is 2.13. The number of esters is 1. The van der Waals surface area contributed by atoms with E-state index in [2.05, 4.69) is 5.32 Å². The van der Waals surface area contributed by atoms with E-state index in [1.165, 1.54) is 13.0 Å². The van der Waals surface area contributed by atoms with Crippen LogP contribution in [0, 0.1) is 17.5 Å². The topological polar surface area (TPSA) is 84.5 Å². The Morgan fingerprint density at radius 2 is 1.72 bits per heavy atom. The molecule has 0 aromatic heterocycles. The Hall–Kier alpha value is -3.62. The first-order valence-electron chi connectivity index (χ1n) is 8.41. The molecule has 0 spiro atoms. The average molecular weight is 406 g/mol. The number of amides is 2. The molecule has 29 heavy (non-hydrogen) atoms. The molecule has 0 unspecified atom stereocenters. The summed E-state index contributed by atoms with van der Waals surface area (Å²) in [5.41, 5.74) is 0.191. The largest absolute Gasteiger partial charge is 0.454 e. The first kappa shape index (κ1) is 21.7. The summed E-state index contributed by atoms with van der Waals surface area (Å²) >= 11 is 0. The molecule has 2 aromatic carbocycles. The zero-order valence-corrected chi connectivity index (χ0v) is 15.2. The van der Waals surface area contributed by atoms with Crippen molar-refractivity contribution in [3.05, 3.63) is 71.6 Å². The van der Waals surface area contributed by atoms with Gasteiger partial charge in [-0.3, -0.25) is 9.59 Å². The van der Waals surface area contributed by atoms with Crippen LogP contribution in [0.5, 0.6) is 0 Å². The number of benzene rings is 2. The molecular weight excluding hydrogens is 389 g/mol. The molecule has 0 radical (unpaired) electrons. The van der Waals surface area contributed by atoms with E-state index < -0.39 is 53.6 Å². The monoisotopic (exact) mass is 406 g/mol. The number of carbonyl (C=O) groups excluding carboxylic acids is 3. The van der Waals surface area contributed by atoms with Gasteiger partial charge >= 0.3 is 5.97 Å².